The number of hydrogen-bond donors (Lipinski definition) is 1. The van der Waals surface area contributed by atoms with Crippen LogP contribution in [-0.4, -0.2) is 74.6 Å². The van der Waals surface area contributed by atoms with Crippen LogP contribution in [0.5, 0.6) is 0 Å². The first-order valence-electron chi connectivity index (χ1n) is 6.22. The first-order chi connectivity index (χ1) is 9.77. The number of ether oxygens (including phenoxy) is 1. The summed E-state index contributed by atoms with van der Waals surface area (Å²) >= 11 is 0. The maximum absolute atomic E-state index is 13.7. The summed E-state index contributed by atoms with van der Waals surface area (Å²) in [7, 11) is 0. The molecule has 0 amide bonds. The summed E-state index contributed by atoms with van der Waals surface area (Å²) in [6, 6.07) is 2.23. The number of benzene rings is 1. The summed E-state index contributed by atoms with van der Waals surface area (Å²) in [4.78, 5) is 11.8. The summed E-state index contributed by atoms with van der Waals surface area (Å²) in [5, 5.41) is 8.50. The van der Waals surface area contributed by atoms with Crippen molar-refractivity contribution in [3.05, 3.63) is 29.6 Å². The molecule has 9 heteroatoms. The summed E-state index contributed by atoms with van der Waals surface area (Å²) < 4.78 is 56.7. The van der Waals surface area contributed by atoms with Gasteiger partial charge in [0.2, 0.25) is 0 Å². The average Bonchev–Trinajstić information content (AvgIpc) is 2.84. The Morgan fingerprint density at radius 2 is 2.09 bits per heavy atom. The van der Waals surface area contributed by atoms with E-state index in [1.54, 1.807) is 0 Å². The number of carboxylic acid groups (broad SMARTS) is 1. The van der Waals surface area contributed by atoms with E-state index in [0.717, 1.165) is 12.1 Å². The van der Waals surface area contributed by atoms with Gasteiger partial charge in [-0.15, -0.1) is 0 Å². The number of rotatable bonds is 4. The van der Waals surface area contributed by atoms with Crippen molar-refractivity contribution in [2.45, 2.75) is 18.7 Å². The monoisotopic (exact) mass is 349 g/mol. The first kappa shape index (κ1) is 19.5. The zero-order valence-corrected chi connectivity index (χ0v) is 10.9. The van der Waals surface area contributed by atoms with Crippen LogP contribution in [0.1, 0.15) is 12.0 Å². The Bertz CT molecular complexity index is 539. The van der Waals surface area contributed by atoms with Gasteiger partial charge in [-0.25, -0.2) is 9.18 Å². The number of carboxylic acids is 1. The van der Waals surface area contributed by atoms with E-state index in [1.807, 2.05) is 0 Å². The number of hydrogen-bond acceptors (Lipinski definition) is 3. The SMILES string of the molecule is O=C(O)COC1CCN(c2cc(C(F)(F)F)ccc2F)C1.[CaH2]. The number of halogens is 4. The molecule has 1 aromatic carbocycles. The van der Waals surface area contributed by atoms with Gasteiger partial charge in [-0.1, -0.05) is 0 Å². The van der Waals surface area contributed by atoms with Crippen molar-refractivity contribution >= 4 is 49.4 Å². The van der Waals surface area contributed by atoms with Gasteiger partial charge in [0.1, 0.15) is 12.4 Å². The van der Waals surface area contributed by atoms with Crippen LogP contribution in [0, 0.1) is 5.82 Å². The average molecular weight is 349 g/mol. The molecule has 1 aliphatic heterocycles. The van der Waals surface area contributed by atoms with Gasteiger partial charge >= 0.3 is 49.9 Å². The molecule has 4 nitrogen and oxygen atoms in total. The predicted molar refractivity (Wildman–Crippen MR) is 74.2 cm³/mol. The van der Waals surface area contributed by atoms with Gasteiger partial charge in [0, 0.05) is 13.1 Å². The molecule has 1 aromatic rings. The molecule has 1 N–H and O–H groups in total. The Morgan fingerprint density at radius 1 is 1.41 bits per heavy atom. The molecule has 22 heavy (non-hydrogen) atoms. The fourth-order valence-electron chi connectivity index (χ4n) is 2.20. The second-order valence-corrected chi connectivity index (χ2v) is 4.73. The van der Waals surface area contributed by atoms with E-state index in [2.05, 4.69) is 0 Å². The zero-order chi connectivity index (χ0) is 15.6. The van der Waals surface area contributed by atoms with Crippen LogP contribution in [0.4, 0.5) is 23.2 Å². The van der Waals surface area contributed by atoms with E-state index in [-0.39, 0.29) is 50.0 Å². The van der Waals surface area contributed by atoms with Crippen molar-refractivity contribution in [3.8, 4) is 0 Å². The topological polar surface area (TPSA) is 49.8 Å². The number of anilines is 1. The molecular formula is C13H15CaF4NO3. The first-order valence-corrected chi connectivity index (χ1v) is 6.22. The molecule has 0 saturated carbocycles. The van der Waals surface area contributed by atoms with Crippen LogP contribution in [0.2, 0.25) is 0 Å². The van der Waals surface area contributed by atoms with E-state index in [1.165, 1.54) is 4.90 Å². The third-order valence-corrected chi connectivity index (χ3v) is 3.20. The molecular weight excluding hydrogens is 334 g/mol. The van der Waals surface area contributed by atoms with Gasteiger partial charge in [-0.05, 0) is 24.6 Å². The summed E-state index contributed by atoms with van der Waals surface area (Å²) in [5.41, 5.74) is -1.07. The van der Waals surface area contributed by atoms with Gasteiger partial charge in [-0.2, -0.15) is 13.2 Å². The molecule has 2 rings (SSSR count). The van der Waals surface area contributed by atoms with Crippen molar-refractivity contribution in [3.63, 3.8) is 0 Å². The number of aliphatic carboxylic acids is 1. The molecule has 1 fully saturated rings. The van der Waals surface area contributed by atoms with Gasteiger partial charge in [0.15, 0.2) is 0 Å². The molecule has 1 unspecified atom stereocenters. The van der Waals surface area contributed by atoms with Gasteiger partial charge in [0.05, 0.1) is 17.4 Å². The van der Waals surface area contributed by atoms with Crippen LogP contribution in [-0.2, 0) is 15.7 Å². The second-order valence-electron chi connectivity index (χ2n) is 4.73. The third kappa shape index (κ3) is 4.97. The Labute approximate surface area is 154 Å². The van der Waals surface area contributed by atoms with E-state index in [9.17, 15) is 22.4 Å². The summed E-state index contributed by atoms with van der Waals surface area (Å²) in [6.07, 6.45) is -4.54. The minimum atomic E-state index is -4.54. The number of carbonyl (C=O) groups is 1. The maximum atomic E-state index is 13.7. The van der Waals surface area contributed by atoms with E-state index in [4.69, 9.17) is 9.84 Å². The normalized spacial score (nSPS) is 18.2. The molecule has 1 atom stereocenters. The molecule has 0 aromatic heterocycles. The van der Waals surface area contributed by atoms with Crippen LogP contribution < -0.4 is 4.90 Å². The quantitative estimate of drug-likeness (QED) is 0.663. The second kappa shape index (κ2) is 7.81. The van der Waals surface area contributed by atoms with Crippen molar-refractivity contribution in [2.24, 2.45) is 0 Å². The molecule has 0 bridgehead atoms. The standard InChI is InChI=1S/C13H13F4NO3.Ca.2H/c14-10-2-1-8(13(15,16)17)5-11(10)18-4-3-9(6-18)21-7-12(19)20;;;/h1-2,5,9H,3-4,6-7H2,(H,19,20);;;. The molecule has 0 aliphatic carbocycles. The molecule has 1 heterocycles. The number of alkyl halides is 3. The summed E-state index contributed by atoms with van der Waals surface area (Å²) in [5.74, 6) is -1.87. The fraction of sp³-hybridized carbons (Fsp3) is 0.462. The fourth-order valence-corrected chi connectivity index (χ4v) is 2.20. The molecule has 0 radical (unpaired) electrons. The van der Waals surface area contributed by atoms with E-state index in [0.29, 0.717) is 19.0 Å². The Kier molecular flexibility index (Phi) is 6.91. The van der Waals surface area contributed by atoms with Crippen LogP contribution in [0.3, 0.4) is 0 Å². The van der Waals surface area contributed by atoms with Gasteiger partial charge in [-0.3, -0.25) is 0 Å². The summed E-state index contributed by atoms with van der Waals surface area (Å²) in [6.45, 7) is -0.0163. The van der Waals surface area contributed by atoms with Crippen molar-refractivity contribution in [2.75, 3.05) is 24.6 Å². The Hall–Kier alpha value is -0.570. The number of nitrogens with zero attached hydrogens (tertiary/aromatic N) is 1. The van der Waals surface area contributed by atoms with Crippen LogP contribution in [0.25, 0.3) is 0 Å². The zero-order valence-electron chi connectivity index (χ0n) is 10.9. The van der Waals surface area contributed by atoms with Crippen molar-refractivity contribution in [1.82, 2.24) is 0 Å². The van der Waals surface area contributed by atoms with Crippen molar-refractivity contribution in [1.29, 1.82) is 0 Å². The molecule has 1 saturated heterocycles. The third-order valence-electron chi connectivity index (χ3n) is 3.20. The van der Waals surface area contributed by atoms with Crippen LogP contribution >= 0.6 is 0 Å². The molecule has 120 valence electrons. The van der Waals surface area contributed by atoms with Crippen LogP contribution in [0.15, 0.2) is 18.2 Å². The predicted octanol–water partition coefficient (Wildman–Crippen LogP) is 1.61. The Morgan fingerprint density at radius 3 is 2.68 bits per heavy atom. The van der Waals surface area contributed by atoms with Gasteiger partial charge < -0.3 is 14.7 Å². The molecule has 0 spiro atoms. The minimum absolute atomic E-state index is 0. The molecule has 1 aliphatic rings. The van der Waals surface area contributed by atoms with E-state index >= 15 is 0 Å². The van der Waals surface area contributed by atoms with Crippen molar-refractivity contribution < 1.29 is 32.2 Å². The van der Waals surface area contributed by atoms with Gasteiger partial charge in [0.25, 0.3) is 0 Å². The van der Waals surface area contributed by atoms with E-state index < -0.39 is 36.2 Å². The Balaban J connectivity index is 0.00000242.